The van der Waals surface area contributed by atoms with Crippen LogP contribution in [0.15, 0.2) is 6.07 Å². The Balaban J connectivity index is 1.86. The van der Waals surface area contributed by atoms with Gasteiger partial charge in [-0.1, -0.05) is 0 Å². The van der Waals surface area contributed by atoms with Crippen LogP contribution in [0, 0.1) is 6.92 Å². The van der Waals surface area contributed by atoms with Crippen molar-refractivity contribution >= 4 is 5.95 Å². The summed E-state index contributed by atoms with van der Waals surface area (Å²) in [5.41, 5.74) is 7.54. The van der Waals surface area contributed by atoms with E-state index in [-0.39, 0.29) is 0 Å². The summed E-state index contributed by atoms with van der Waals surface area (Å²) in [4.78, 5) is 11.2. The number of nitrogens with zero attached hydrogens (tertiary/aromatic N) is 3. The molecule has 2 bridgehead atoms. The van der Waals surface area contributed by atoms with Crippen molar-refractivity contribution < 1.29 is 4.74 Å². The SMILES string of the molecule is Cc1cc(CN)nc(N2CC3CCC(C2)O3)n1. The van der Waals surface area contributed by atoms with Crippen LogP contribution in [0.3, 0.4) is 0 Å². The molecule has 2 aliphatic heterocycles. The zero-order valence-corrected chi connectivity index (χ0v) is 10.1. The van der Waals surface area contributed by atoms with Gasteiger partial charge in [0.25, 0.3) is 0 Å². The Hall–Kier alpha value is -1.20. The predicted octanol–water partition coefficient (Wildman–Crippen LogP) is 0.611. The van der Waals surface area contributed by atoms with Gasteiger partial charge in [-0.3, -0.25) is 0 Å². The fourth-order valence-electron chi connectivity index (χ4n) is 2.64. The number of nitrogens with two attached hydrogens (primary N) is 1. The van der Waals surface area contributed by atoms with Crippen molar-refractivity contribution in [3.05, 3.63) is 17.5 Å². The largest absolute Gasteiger partial charge is 0.371 e. The van der Waals surface area contributed by atoms with Gasteiger partial charge in [0.2, 0.25) is 5.95 Å². The lowest BCUT2D eigenvalue weighted by atomic mass is 10.2. The lowest BCUT2D eigenvalue weighted by Gasteiger charge is -2.32. The van der Waals surface area contributed by atoms with Gasteiger partial charge in [0.05, 0.1) is 17.9 Å². The number of hydrogen-bond acceptors (Lipinski definition) is 5. The van der Waals surface area contributed by atoms with Gasteiger partial charge < -0.3 is 15.4 Å². The van der Waals surface area contributed by atoms with Crippen LogP contribution in [-0.2, 0) is 11.3 Å². The summed E-state index contributed by atoms with van der Waals surface area (Å²) < 4.78 is 5.81. The molecule has 2 fully saturated rings. The average Bonchev–Trinajstić information content (AvgIpc) is 2.67. The Kier molecular flexibility index (Phi) is 2.72. The number of fused-ring (bicyclic) bond motifs is 2. The first-order valence-electron chi connectivity index (χ1n) is 6.19. The molecule has 2 unspecified atom stereocenters. The maximum absolute atomic E-state index is 5.81. The van der Waals surface area contributed by atoms with Crippen molar-refractivity contribution in [1.29, 1.82) is 0 Å². The minimum Gasteiger partial charge on any atom is -0.371 e. The Morgan fingerprint density at radius 3 is 2.71 bits per heavy atom. The fourth-order valence-corrected chi connectivity index (χ4v) is 2.64. The number of aryl methyl sites for hydroxylation is 1. The first-order valence-corrected chi connectivity index (χ1v) is 6.19. The minimum atomic E-state index is 0.360. The molecule has 5 heteroatoms. The minimum absolute atomic E-state index is 0.360. The Labute approximate surface area is 101 Å². The quantitative estimate of drug-likeness (QED) is 0.812. The highest BCUT2D eigenvalue weighted by Gasteiger charge is 2.34. The van der Waals surface area contributed by atoms with E-state index in [1.54, 1.807) is 0 Å². The second-order valence-corrected chi connectivity index (χ2v) is 4.87. The Bertz CT molecular complexity index is 411. The third kappa shape index (κ3) is 2.12. The highest BCUT2D eigenvalue weighted by atomic mass is 16.5. The van der Waals surface area contributed by atoms with Crippen molar-refractivity contribution in [2.75, 3.05) is 18.0 Å². The summed E-state index contributed by atoms with van der Waals surface area (Å²) in [6, 6.07) is 1.94. The molecule has 0 radical (unpaired) electrons. The number of anilines is 1. The molecule has 0 aliphatic carbocycles. The standard InChI is InChI=1S/C12H18N4O/c1-8-4-9(5-13)15-12(14-8)16-6-10-2-3-11(7-16)17-10/h4,10-11H,2-3,5-7,13H2,1H3. The second kappa shape index (κ2) is 4.23. The van der Waals surface area contributed by atoms with Gasteiger partial charge in [-0.05, 0) is 25.8 Å². The number of hydrogen-bond donors (Lipinski definition) is 1. The molecule has 0 spiro atoms. The van der Waals surface area contributed by atoms with Gasteiger partial charge in [-0.2, -0.15) is 0 Å². The molecule has 92 valence electrons. The summed E-state index contributed by atoms with van der Waals surface area (Å²) in [5.74, 6) is 0.811. The smallest absolute Gasteiger partial charge is 0.225 e. The second-order valence-electron chi connectivity index (χ2n) is 4.87. The van der Waals surface area contributed by atoms with E-state index in [1.165, 1.54) is 0 Å². The maximum Gasteiger partial charge on any atom is 0.225 e. The third-order valence-electron chi connectivity index (χ3n) is 3.43. The average molecular weight is 234 g/mol. The van der Waals surface area contributed by atoms with Crippen molar-refractivity contribution in [1.82, 2.24) is 9.97 Å². The van der Waals surface area contributed by atoms with Gasteiger partial charge in [0, 0.05) is 25.3 Å². The van der Waals surface area contributed by atoms with Crippen LogP contribution in [-0.4, -0.2) is 35.3 Å². The summed E-state index contributed by atoms with van der Waals surface area (Å²) >= 11 is 0. The van der Waals surface area contributed by atoms with Gasteiger partial charge in [-0.15, -0.1) is 0 Å². The predicted molar refractivity (Wildman–Crippen MR) is 64.8 cm³/mol. The topological polar surface area (TPSA) is 64.3 Å². The maximum atomic E-state index is 5.81. The molecule has 2 N–H and O–H groups in total. The molecule has 1 aromatic rings. The number of rotatable bonds is 2. The van der Waals surface area contributed by atoms with E-state index in [0.717, 1.165) is 43.3 Å². The highest BCUT2D eigenvalue weighted by Crippen LogP contribution is 2.28. The zero-order chi connectivity index (χ0) is 11.8. The first kappa shape index (κ1) is 10.9. The van der Waals surface area contributed by atoms with E-state index in [4.69, 9.17) is 10.5 Å². The third-order valence-corrected chi connectivity index (χ3v) is 3.43. The van der Waals surface area contributed by atoms with E-state index in [2.05, 4.69) is 14.9 Å². The molecule has 3 rings (SSSR count). The Morgan fingerprint density at radius 2 is 2.06 bits per heavy atom. The van der Waals surface area contributed by atoms with Crippen LogP contribution >= 0.6 is 0 Å². The summed E-state index contributed by atoms with van der Waals surface area (Å²) in [6.07, 6.45) is 3.05. The van der Waals surface area contributed by atoms with Crippen LogP contribution in [0.2, 0.25) is 0 Å². The van der Waals surface area contributed by atoms with Crippen molar-refractivity contribution in [2.45, 2.75) is 38.5 Å². The van der Waals surface area contributed by atoms with Gasteiger partial charge in [0.1, 0.15) is 0 Å². The molecule has 2 atom stereocenters. The van der Waals surface area contributed by atoms with Gasteiger partial charge in [-0.25, -0.2) is 9.97 Å². The summed E-state index contributed by atoms with van der Waals surface area (Å²) in [7, 11) is 0. The van der Waals surface area contributed by atoms with E-state index < -0.39 is 0 Å². The highest BCUT2D eigenvalue weighted by molar-refractivity contribution is 5.34. The molecular weight excluding hydrogens is 216 g/mol. The lowest BCUT2D eigenvalue weighted by Crippen LogP contribution is -2.43. The molecule has 17 heavy (non-hydrogen) atoms. The molecule has 2 saturated heterocycles. The molecular formula is C12H18N4O. The van der Waals surface area contributed by atoms with E-state index in [1.807, 2.05) is 13.0 Å². The normalized spacial score (nSPS) is 27.5. The molecule has 3 heterocycles. The van der Waals surface area contributed by atoms with Crippen LogP contribution in [0.25, 0.3) is 0 Å². The Morgan fingerprint density at radius 1 is 1.35 bits per heavy atom. The van der Waals surface area contributed by atoms with E-state index >= 15 is 0 Å². The number of ether oxygens (including phenoxy) is 1. The fraction of sp³-hybridized carbons (Fsp3) is 0.667. The van der Waals surface area contributed by atoms with Gasteiger partial charge >= 0.3 is 0 Å². The molecule has 5 nitrogen and oxygen atoms in total. The van der Waals surface area contributed by atoms with Crippen molar-refractivity contribution in [3.8, 4) is 0 Å². The molecule has 1 aromatic heterocycles. The number of aromatic nitrogens is 2. The molecule has 2 aliphatic rings. The first-order chi connectivity index (χ1) is 8.24. The molecule has 0 saturated carbocycles. The van der Waals surface area contributed by atoms with Crippen LogP contribution in [0.1, 0.15) is 24.2 Å². The van der Waals surface area contributed by atoms with Gasteiger partial charge in [0.15, 0.2) is 0 Å². The van der Waals surface area contributed by atoms with Crippen LogP contribution < -0.4 is 10.6 Å². The summed E-state index contributed by atoms with van der Waals surface area (Å²) in [5, 5.41) is 0. The van der Waals surface area contributed by atoms with Crippen LogP contribution in [0.5, 0.6) is 0 Å². The molecule has 0 amide bonds. The van der Waals surface area contributed by atoms with Crippen molar-refractivity contribution in [2.24, 2.45) is 5.73 Å². The van der Waals surface area contributed by atoms with Crippen molar-refractivity contribution in [3.63, 3.8) is 0 Å². The van der Waals surface area contributed by atoms with E-state index in [0.29, 0.717) is 18.8 Å². The summed E-state index contributed by atoms with van der Waals surface area (Å²) in [6.45, 7) is 4.26. The number of morpholine rings is 1. The van der Waals surface area contributed by atoms with Crippen LogP contribution in [0.4, 0.5) is 5.95 Å². The molecule has 0 aromatic carbocycles. The van der Waals surface area contributed by atoms with E-state index in [9.17, 15) is 0 Å². The lowest BCUT2D eigenvalue weighted by molar-refractivity contribution is 0.0299. The monoisotopic (exact) mass is 234 g/mol. The zero-order valence-electron chi connectivity index (χ0n) is 10.1.